The van der Waals surface area contributed by atoms with Crippen molar-refractivity contribution in [3.8, 4) is 0 Å². The number of aromatic amines is 1. The van der Waals surface area contributed by atoms with E-state index in [0.717, 1.165) is 0 Å². The summed E-state index contributed by atoms with van der Waals surface area (Å²) in [5.74, 6) is -1.32. The molecule has 0 aromatic carbocycles. The Kier molecular flexibility index (Phi) is 2.78. The largest absolute Gasteiger partial charge is 0.477 e. The molecule has 0 radical (unpaired) electrons. The first-order valence-electron chi connectivity index (χ1n) is 5.08. The molecule has 17 heavy (non-hydrogen) atoms. The first kappa shape index (κ1) is 11.8. The Bertz CT molecular complexity index is 629. The molecule has 0 saturated carbocycles. The quantitative estimate of drug-likeness (QED) is 0.711. The third kappa shape index (κ3) is 2.38. The number of fused-ring (bicyclic) bond motifs is 1. The maximum Gasteiger partial charge on any atom is 0.341 e. The minimum absolute atomic E-state index is 0.00883. The smallest absolute Gasteiger partial charge is 0.341 e. The van der Waals surface area contributed by atoms with Gasteiger partial charge in [0.1, 0.15) is 5.56 Å². The molecule has 0 bridgehead atoms. The molecule has 2 rings (SSSR count). The molecule has 1 aromatic rings. The molecule has 0 unspecified atom stereocenters. The highest BCUT2D eigenvalue weighted by molar-refractivity contribution is 7.91. The van der Waals surface area contributed by atoms with Crippen LogP contribution in [0, 0.1) is 0 Å². The summed E-state index contributed by atoms with van der Waals surface area (Å²) in [5.41, 5.74) is 0.0998. The van der Waals surface area contributed by atoms with Crippen LogP contribution in [0.25, 0.3) is 0 Å². The molecule has 0 spiro atoms. The molecular weight excluding hydrogens is 246 g/mol. The highest BCUT2D eigenvalue weighted by Gasteiger charge is 2.21. The van der Waals surface area contributed by atoms with E-state index in [1.54, 1.807) is 0 Å². The lowest BCUT2D eigenvalue weighted by Crippen LogP contribution is -2.20. The Balaban J connectivity index is 2.52. The second-order valence-electron chi connectivity index (χ2n) is 3.97. The number of carbonyl (C=O) groups is 1. The van der Waals surface area contributed by atoms with E-state index < -0.39 is 21.4 Å². The van der Waals surface area contributed by atoms with Crippen molar-refractivity contribution < 1.29 is 18.3 Å². The Morgan fingerprint density at radius 3 is 2.59 bits per heavy atom. The number of H-pyrrole nitrogens is 1. The van der Waals surface area contributed by atoms with Crippen LogP contribution in [0.15, 0.2) is 10.9 Å². The maximum atomic E-state index is 11.4. The number of aromatic carboxylic acids is 1. The molecule has 6 nitrogen and oxygen atoms in total. The third-order valence-electron chi connectivity index (χ3n) is 2.79. The molecule has 0 fully saturated rings. The average molecular weight is 257 g/mol. The lowest BCUT2D eigenvalue weighted by Gasteiger charge is -2.04. The SMILES string of the molecule is O=C(O)c1cc2c([nH]c1=O)CCS(=O)(=O)CC2. The second-order valence-corrected chi connectivity index (χ2v) is 6.28. The first-order valence-corrected chi connectivity index (χ1v) is 6.90. The number of hydrogen-bond donors (Lipinski definition) is 2. The predicted molar refractivity (Wildman–Crippen MR) is 60.1 cm³/mol. The molecule has 0 atom stereocenters. The fourth-order valence-electron chi connectivity index (χ4n) is 1.84. The number of sulfone groups is 1. The molecule has 0 aliphatic carbocycles. The van der Waals surface area contributed by atoms with Gasteiger partial charge < -0.3 is 10.1 Å². The fourth-order valence-corrected chi connectivity index (χ4v) is 3.09. The van der Waals surface area contributed by atoms with Crippen LogP contribution in [-0.2, 0) is 22.7 Å². The Morgan fingerprint density at radius 2 is 1.94 bits per heavy atom. The minimum Gasteiger partial charge on any atom is -0.477 e. The van der Waals surface area contributed by atoms with Crippen molar-refractivity contribution in [1.29, 1.82) is 0 Å². The highest BCUT2D eigenvalue weighted by Crippen LogP contribution is 2.14. The standard InChI is InChI=1S/C10H11NO5S/c12-9-7(10(13)14)5-6-1-3-17(15,16)4-2-8(6)11-9/h5H,1-4H2,(H,11,12)(H,13,14). The van der Waals surface area contributed by atoms with Gasteiger partial charge >= 0.3 is 5.97 Å². The Hall–Kier alpha value is -1.63. The van der Waals surface area contributed by atoms with E-state index in [1.165, 1.54) is 6.07 Å². The Labute approximate surface area is 97.2 Å². The van der Waals surface area contributed by atoms with Crippen molar-refractivity contribution in [1.82, 2.24) is 4.98 Å². The molecule has 7 heteroatoms. The zero-order valence-corrected chi connectivity index (χ0v) is 9.71. The monoisotopic (exact) mass is 257 g/mol. The van der Waals surface area contributed by atoms with Gasteiger partial charge in [-0.2, -0.15) is 0 Å². The topological polar surface area (TPSA) is 104 Å². The van der Waals surface area contributed by atoms with E-state index in [1.807, 2.05) is 0 Å². The summed E-state index contributed by atoms with van der Waals surface area (Å²) >= 11 is 0. The molecule has 1 aromatic heterocycles. The Morgan fingerprint density at radius 1 is 1.29 bits per heavy atom. The predicted octanol–water partition coefficient (Wildman–Crippen LogP) is -0.413. The number of carboxylic acids is 1. The first-order chi connectivity index (χ1) is 7.89. The molecular formula is C10H11NO5S. The van der Waals surface area contributed by atoms with Gasteiger partial charge in [-0.1, -0.05) is 0 Å². The molecule has 1 aliphatic rings. The molecule has 1 aliphatic heterocycles. The van der Waals surface area contributed by atoms with Gasteiger partial charge in [0.15, 0.2) is 9.84 Å². The zero-order chi connectivity index (χ0) is 12.6. The number of aryl methyl sites for hydroxylation is 2. The van der Waals surface area contributed by atoms with Crippen molar-refractivity contribution in [3.63, 3.8) is 0 Å². The van der Waals surface area contributed by atoms with Crippen LogP contribution in [0.4, 0.5) is 0 Å². The van der Waals surface area contributed by atoms with Crippen LogP contribution in [0.5, 0.6) is 0 Å². The summed E-state index contributed by atoms with van der Waals surface area (Å²) in [4.78, 5) is 24.7. The minimum atomic E-state index is -3.10. The highest BCUT2D eigenvalue weighted by atomic mass is 32.2. The summed E-state index contributed by atoms with van der Waals surface area (Å²) in [5, 5.41) is 8.80. The normalized spacial score (nSPS) is 18.1. The molecule has 0 amide bonds. The van der Waals surface area contributed by atoms with E-state index >= 15 is 0 Å². The van der Waals surface area contributed by atoms with Crippen molar-refractivity contribution in [2.45, 2.75) is 12.8 Å². The van der Waals surface area contributed by atoms with Crippen LogP contribution in [0.1, 0.15) is 21.6 Å². The van der Waals surface area contributed by atoms with E-state index in [9.17, 15) is 18.0 Å². The van der Waals surface area contributed by atoms with Gasteiger partial charge in [-0.3, -0.25) is 4.79 Å². The van der Waals surface area contributed by atoms with E-state index in [4.69, 9.17) is 5.11 Å². The van der Waals surface area contributed by atoms with E-state index in [0.29, 0.717) is 11.3 Å². The van der Waals surface area contributed by atoms with Crippen LogP contribution in [0.2, 0.25) is 0 Å². The van der Waals surface area contributed by atoms with Crippen molar-refractivity contribution >= 4 is 15.8 Å². The number of rotatable bonds is 1. The lowest BCUT2D eigenvalue weighted by atomic mass is 10.1. The van der Waals surface area contributed by atoms with Crippen LogP contribution in [-0.4, -0.2) is 36.0 Å². The number of carboxylic acid groups (broad SMARTS) is 1. The van der Waals surface area contributed by atoms with Crippen LogP contribution in [0.3, 0.4) is 0 Å². The van der Waals surface area contributed by atoms with E-state index in [2.05, 4.69) is 4.98 Å². The molecule has 2 heterocycles. The number of hydrogen-bond acceptors (Lipinski definition) is 4. The number of pyridine rings is 1. The van der Waals surface area contributed by atoms with Gasteiger partial charge in [-0.05, 0) is 18.1 Å². The summed E-state index contributed by atoms with van der Waals surface area (Å²) < 4.78 is 22.9. The van der Waals surface area contributed by atoms with E-state index in [-0.39, 0.29) is 29.9 Å². The zero-order valence-electron chi connectivity index (χ0n) is 8.89. The van der Waals surface area contributed by atoms with Crippen molar-refractivity contribution in [2.24, 2.45) is 0 Å². The second kappa shape index (κ2) is 3.99. The fraction of sp³-hybridized carbons (Fsp3) is 0.400. The van der Waals surface area contributed by atoms with Gasteiger partial charge in [0.2, 0.25) is 0 Å². The summed E-state index contributed by atoms with van der Waals surface area (Å²) in [7, 11) is -3.10. The van der Waals surface area contributed by atoms with Gasteiger partial charge in [0.25, 0.3) is 5.56 Å². The molecule has 92 valence electrons. The van der Waals surface area contributed by atoms with Crippen molar-refractivity contribution in [3.05, 3.63) is 33.2 Å². The van der Waals surface area contributed by atoms with Gasteiger partial charge in [0, 0.05) is 12.1 Å². The van der Waals surface area contributed by atoms with Crippen LogP contribution >= 0.6 is 0 Å². The maximum absolute atomic E-state index is 11.4. The lowest BCUT2D eigenvalue weighted by molar-refractivity contribution is 0.0694. The molecule has 2 N–H and O–H groups in total. The third-order valence-corrected chi connectivity index (χ3v) is 4.44. The number of aromatic nitrogens is 1. The number of nitrogens with one attached hydrogen (secondary N) is 1. The summed E-state index contributed by atoms with van der Waals surface area (Å²) in [6.45, 7) is 0. The average Bonchev–Trinajstić information content (AvgIpc) is 2.37. The summed E-state index contributed by atoms with van der Waals surface area (Å²) in [6, 6.07) is 1.28. The van der Waals surface area contributed by atoms with Gasteiger partial charge in [-0.25, -0.2) is 13.2 Å². The molecule has 0 saturated heterocycles. The van der Waals surface area contributed by atoms with Crippen molar-refractivity contribution in [2.75, 3.05) is 11.5 Å². The summed E-state index contributed by atoms with van der Waals surface area (Å²) in [6.07, 6.45) is 0.474. The van der Waals surface area contributed by atoms with Gasteiger partial charge in [0.05, 0.1) is 11.5 Å². The van der Waals surface area contributed by atoms with Gasteiger partial charge in [-0.15, -0.1) is 0 Å². The van der Waals surface area contributed by atoms with Crippen LogP contribution < -0.4 is 5.56 Å².